The predicted molar refractivity (Wildman–Crippen MR) is 134 cm³/mol. The quantitative estimate of drug-likeness (QED) is 0.334. The summed E-state index contributed by atoms with van der Waals surface area (Å²) < 4.78 is 19.0. The van der Waals surface area contributed by atoms with Crippen LogP contribution in [-0.4, -0.2) is 13.2 Å². The van der Waals surface area contributed by atoms with E-state index in [1.54, 1.807) is 0 Å². The van der Waals surface area contributed by atoms with Gasteiger partial charge in [-0.05, 0) is 59.6 Å². The largest absolute Gasteiger partial charge is 0.426 e. The van der Waals surface area contributed by atoms with Gasteiger partial charge in [0.05, 0.1) is 13.2 Å². The maximum atomic E-state index is 6.55. The Bertz CT molecular complexity index is 651. The van der Waals surface area contributed by atoms with E-state index in [9.17, 15) is 0 Å². The van der Waals surface area contributed by atoms with E-state index >= 15 is 0 Å². The van der Waals surface area contributed by atoms with Crippen molar-refractivity contribution < 1.29 is 13.6 Å². The molecular weight excluding hydrogens is 403 g/mol. The minimum Gasteiger partial charge on any atom is -0.426 e. The smallest absolute Gasteiger partial charge is 0.397 e. The highest BCUT2D eigenvalue weighted by molar-refractivity contribution is 7.42. The lowest BCUT2D eigenvalue weighted by molar-refractivity contribution is 0.00792. The standard InChI is InChI=1S/C27H47O3P/c1-10-12-13-27(11-2)18-28-31(29-19-27)30-25-22(14-20(3)4)16-24(26(7,8)9)17-23(25)15-21(5)6/h16-17,20-21H,10-15,18-19H2,1-9H3. The Morgan fingerprint density at radius 3 is 1.87 bits per heavy atom. The zero-order valence-electron chi connectivity index (χ0n) is 21.6. The van der Waals surface area contributed by atoms with Crippen LogP contribution in [0.15, 0.2) is 12.1 Å². The van der Waals surface area contributed by atoms with Crippen molar-refractivity contribution in [1.82, 2.24) is 0 Å². The molecule has 4 heteroatoms. The van der Waals surface area contributed by atoms with E-state index in [0.29, 0.717) is 11.8 Å². The zero-order valence-corrected chi connectivity index (χ0v) is 22.5. The normalized spacial score (nSPS) is 22.4. The van der Waals surface area contributed by atoms with Gasteiger partial charge in [0, 0.05) is 5.41 Å². The molecule has 1 aliphatic rings. The monoisotopic (exact) mass is 450 g/mol. The molecule has 1 aromatic rings. The topological polar surface area (TPSA) is 27.7 Å². The van der Waals surface area contributed by atoms with Crippen molar-refractivity contribution in [3.8, 4) is 5.75 Å². The highest BCUT2D eigenvalue weighted by atomic mass is 31.2. The third kappa shape index (κ3) is 7.72. The van der Waals surface area contributed by atoms with Crippen LogP contribution in [0.25, 0.3) is 0 Å². The Hall–Kier alpha value is -0.630. The molecule has 3 nitrogen and oxygen atoms in total. The van der Waals surface area contributed by atoms with E-state index in [1.165, 1.54) is 36.0 Å². The number of rotatable bonds is 10. The molecule has 0 amide bonds. The lowest BCUT2D eigenvalue weighted by Gasteiger charge is -2.38. The van der Waals surface area contributed by atoms with E-state index in [4.69, 9.17) is 13.6 Å². The summed E-state index contributed by atoms with van der Waals surface area (Å²) in [5.41, 5.74) is 4.24. The predicted octanol–water partition coefficient (Wildman–Crippen LogP) is 8.62. The van der Waals surface area contributed by atoms with Crippen LogP contribution in [0.4, 0.5) is 0 Å². The van der Waals surface area contributed by atoms with E-state index < -0.39 is 8.60 Å². The van der Waals surface area contributed by atoms with Crippen molar-refractivity contribution in [3.05, 3.63) is 28.8 Å². The summed E-state index contributed by atoms with van der Waals surface area (Å²) >= 11 is 0. The number of benzene rings is 1. The zero-order chi connectivity index (χ0) is 23.2. The molecule has 31 heavy (non-hydrogen) atoms. The van der Waals surface area contributed by atoms with Crippen LogP contribution in [0.2, 0.25) is 0 Å². The molecular formula is C27H47O3P. The van der Waals surface area contributed by atoms with Crippen molar-refractivity contribution in [1.29, 1.82) is 0 Å². The van der Waals surface area contributed by atoms with Gasteiger partial charge in [0.1, 0.15) is 5.75 Å². The van der Waals surface area contributed by atoms with Gasteiger partial charge in [0.15, 0.2) is 0 Å². The molecule has 1 saturated heterocycles. The molecule has 0 unspecified atom stereocenters. The average molecular weight is 451 g/mol. The molecule has 0 radical (unpaired) electrons. The summed E-state index contributed by atoms with van der Waals surface area (Å²) in [4.78, 5) is 0. The van der Waals surface area contributed by atoms with Gasteiger partial charge >= 0.3 is 8.60 Å². The second-order valence-corrected chi connectivity index (χ2v) is 12.5. The fourth-order valence-corrected chi connectivity index (χ4v) is 5.47. The lowest BCUT2D eigenvalue weighted by atomic mass is 9.82. The van der Waals surface area contributed by atoms with Crippen LogP contribution < -0.4 is 4.52 Å². The van der Waals surface area contributed by atoms with Gasteiger partial charge in [0.25, 0.3) is 0 Å². The summed E-state index contributed by atoms with van der Waals surface area (Å²) in [7, 11) is -1.35. The van der Waals surface area contributed by atoms with Gasteiger partial charge in [0.2, 0.25) is 0 Å². The molecule has 0 saturated carbocycles. The molecule has 0 aliphatic carbocycles. The number of hydrogen-bond donors (Lipinski definition) is 0. The molecule has 0 atom stereocenters. The van der Waals surface area contributed by atoms with Crippen LogP contribution in [-0.2, 0) is 27.3 Å². The van der Waals surface area contributed by atoms with Gasteiger partial charge in [-0.3, -0.25) is 0 Å². The van der Waals surface area contributed by atoms with Crippen LogP contribution in [0, 0.1) is 17.3 Å². The second kappa shape index (κ2) is 11.5. The highest BCUT2D eigenvalue weighted by Crippen LogP contribution is 2.51. The third-order valence-electron chi connectivity index (χ3n) is 6.29. The third-order valence-corrected chi connectivity index (χ3v) is 7.31. The van der Waals surface area contributed by atoms with E-state index in [2.05, 4.69) is 74.4 Å². The van der Waals surface area contributed by atoms with Crippen molar-refractivity contribution in [2.24, 2.45) is 17.3 Å². The van der Waals surface area contributed by atoms with Gasteiger partial charge in [-0.25, -0.2) is 0 Å². The van der Waals surface area contributed by atoms with Gasteiger partial charge in [-0.1, -0.05) is 87.3 Å². The van der Waals surface area contributed by atoms with E-state index in [1.807, 2.05) is 0 Å². The van der Waals surface area contributed by atoms with Crippen LogP contribution in [0.5, 0.6) is 5.75 Å². The summed E-state index contributed by atoms with van der Waals surface area (Å²) in [6.07, 6.45) is 6.70. The molecule has 0 bridgehead atoms. The first kappa shape index (κ1) is 26.6. The highest BCUT2D eigenvalue weighted by Gasteiger charge is 2.37. The Balaban J connectivity index is 2.31. The fraction of sp³-hybridized carbons (Fsp3) is 0.778. The van der Waals surface area contributed by atoms with E-state index in [-0.39, 0.29) is 10.8 Å². The minimum absolute atomic E-state index is 0.110. The number of unbranched alkanes of at least 4 members (excludes halogenated alkanes) is 1. The summed E-state index contributed by atoms with van der Waals surface area (Å²) in [6, 6.07) is 4.71. The molecule has 0 N–H and O–H groups in total. The Morgan fingerprint density at radius 1 is 0.968 bits per heavy atom. The van der Waals surface area contributed by atoms with Crippen molar-refractivity contribution in [3.63, 3.8) is 0 Å². The first-order chi connectivity index (χ1) is 14.5. The molecule has 1 heterocycles. The molecule has 0 spiro atoms. The first-order valence-corrected chi connectivity index (χ1v) is 13.5. The summed E-state index contributed by atoms with van der Waals surface area (Å²) in [5.74, 6) is 2.14. The second-order valence-electron chi connectivity index (χ2n) is 11.4. The van der Waals surface area contributed by atoms with Crippen molar-refractivity contribution in [2.75, 3.05) is 13.2 Å². The molecule has 1 fully saturated rings. The van der Waals surface area contributed by atoms with E-state index in [0.717, 1.165) is 38.2 Å². The maximum Gasteiger partial charge on any atom is 0.397 e. The average Bonchev–Trinajstić information content (AvgIpc) is 2.68. The molecule has 1 aliphatic heterocycles. The van der Waals surface area contributed by atoms with Crippen LogP contribution in [0.1, 0.15) is 105 Å². The lowest BCUT2D eigenvalue weighted by Crippen LogP contribution is -2.34. The Kier molecular flexibility index (Phi) is 9.86. The Labute approximate surface area is 193 Å². The van der Waals surface area contributed by atoms with Gasteiger partial charge in [-0.2, -0.15) is 0 Å². The van der Waals surface area contributed by atoms with Crippen molar-refractivity contribution >= 4 is 8.60 Å². The SMILES string of the molecule is CCCCC1(CC)COP(Oc2c(CC(C)C)cc(C(C)(C)C)cc2CC(C)C)OC1. The van der Waals surface area contributed by atoms with Gasteiger partial charge in [-0.15, -0.1) is 0 Å². The van der Waals surface area contributed by atoms with Crippen LogP contribution >= 0.6 is 8.60 Å². The Morgan fingerprint density at radius 2 is 1.48 bits per heavy atom. The fourth-order valence-electron chi connectivity index (χ4n) is 4.15. The number of hydrogen-bond acceptors (Lipinski definition) is 3. The summed E-state index contributed by atoms with van der Waals surface area (Å²) in [6.45, 7) is 22.0. The van der Waals surface area contributed by atoms with Gasteiger partial charge < -0.3 is 13.6 Å². The first-order valence-electron chi connectivity index (χ1n) is 12.4. The minimum atomic E-state index is -1.35. The molecule has 0 aromatic heterocycles. The summed E-state index contributed by atoms with van der Waals surface area (Å²) in [5, 5.41) is 0. The molecule has 1 aromatic carbocycles. The maximum absolute atomic E-state index is 6.55. The van der Waals surface area contributed by atoms with Crippen molar-refractivity contribution in [2.45, 2.75) is 106 Å². The molecule has 2 rings (SSSR count). The molecule has 178 valence electrons. The van der Waals surface area contributed by atoms with Crippen LogP contribution in [0.3, 0.4) is 0 Å².